The van der Waals surface area contributed by atoms with Gasteiger partial charge in [0.1, 0.15) is 0 Å². The first kappa shape index (κ1) is 13.7. The maximum atomic E-state index is 10.8. The number of hydrogen-bond donors (Lipinski definition) is 2. The molecule has 1 atom stereocenters. The highest BCUT2D eigenvalue weighted by molar-refractivity contribution is 5.87. The van der Waals surface area contributed by atoms with Crippen LogP contribution in [0.1, 0.15) is 48.5 Å². The van der Waals surface area contributed by atoms with Crippen molar-refractivity contribution < 1.29 is 9.90 Å². The smallest absolute Gasteiger partial charge is 0.335 e. The molecule has 1 heterocycles. The fourth-order valence-corrected chi connectivity index (χ4v) is 2.06. The van der Waals surface area contributed by atoms with E-state index < -0.39 is 5.97 Å². The van der Waals surface area contributed by atoms with E-state index in [9.17, 15) is 4.79 Å². The zero-order chi connectivity index (χ0) is 12.7. The van der Waals surface area contributed by atoms with Crippen LogP contribution in [-0.4, -0.2) is 24.2 Å². The minimum Gasteiger partial charge on any atom is -0.478 e. The van der Waals surface area contributed by atoms with Gasteiger partial charge in [0.25, 0.3) is 0 Å². The van der Waals surface area contributed by atoms with Crippen molar-refractivity contribution in [3.63, 3.8) is 0 Å². The first-order valence-corrected chi connectivity index (χ1v) is 6.31. The van der Waals surface area contributed by atoms with Crippen LogP contribution in [0.25, 0.3) is 0 Å². The Labute approximate surface area is 103 Å². The van der Waals surface area contributed by atoms with Gasteiger partial charge in [0.05, 0.1) is 5.56 Å². The molecule has 0 aliphatic carbocycles. The van der Waals surface area contributed by atoms with Crippen molar-refractivity contribution in [1.29, 1.82) is 0 Å². The lowest BCUT2D eigenvalue weighted by Crippen LogP contribution is -2.28. The standard InChI is InChI=1S/C12H15NO2.C2H6/c14-12(15)10-4-1-3-9(7-10)11-5-2-6-13-8-11;1-2/h1,3-4,7,11,13H,2,5-6,8H2,(H,14,15);1-2H3. The second-order valence-electron chi connectivity index (χ2n) is 3.97. The van der Waals surface area contributed by atoms with E-state index in [1.54, 1.807) is 12.1 Å². The Morgan fingerprint density at radius 2 is 2.18 bits per heavy atom. The van der Waals surface area contributed by atoms with Gasteiger partial charge in [-0.3, -0.25) is 0 Å². The number of carboxylic acids is 1. The van der Waals surface area contributed by atoms with Crippen molar-refractivity contribution in [2.24, 2.45) is 0 Å². The van der Waals surface area contributed by atoms with Crippen molar-refractivity contribution in [2.75, 3.05) is 13.1 Å². The summed E-state index contributed by atoms with van der Waals surface area (Å²) >= 11 is 0. The molecule has 0 bridgehead atoms. The van der Waals surface area contributed by atoms with Gasteiger partial charge in [-0.25, -0.2) is 4.79 Å². The highest BCUT2D eigenvalue weighted by atomic mass is 16.4. The van der Waals surface area contributed by atoms with E-state index in [1.165, 1.54) is 6.42 Å². The van der Waals surface area contributed by atoms with Crippen molar-refractivity contribution in [3.8, 4) is 0 Å². The molecule has 1 saturated heterocycles. The van der Waals surface area contributed by atoms with Crippen LogP contribution < -0.4 is 5.32 Å². The molecule has 0 aromatic heterocycles. The molecule has 3 heteroatoms. The molecule has 17 heavy (non-hydrogen) atoms. The molecule has 2 N–H and O–H groups in total. The average Bonchev–Trinajstić information content (AvgIpc) is 2.42. The highest BCUT2D eigenvalue weighted by Gasteiger charge is 2.15. The molecule has 1 fully saturated rings. The van der Waals surface area contributed by atoms with Gasteiger partial charge < -0.3 is 10.4 Å². The Kier molecular flexibility index (Phi) is 5.70. The molecule has 1 aromatic carbocycles. The largest absolute Gasteiger partial charge is 0.478 e. The fourth-order valence-electron chi connectivity index (χ4n) is 2.06. The molecule has 1 unspecified atom stereocenters. The number of benzene rings is 1. The Balaban J connectivity index is 0.000000686. The quantitative estimate of drug-likeness (QED) is 0.828. The van der Waals surface area contributed by atoms with E-state index in [-0.39, 0.29) is 0 Å². The van der Waals surface area contributed by atoms with Crippen LogP contribution in [0.4, 0.5) is 0 Å². The number of aromatic carboxylic acids is 1. The van der Waals surface area contributed by atoms with Crippen molar-refractivity contribution >= 4 is 5.97 Å². The average molecular weight is 235 g/mol. The van der Waals surface area contributed by atoms with Crippen molar-refractivity contribution in [1.82, 2.24) is 5.32 Å². The molecule has 1 aliphatic heterocycles. The Morgan fingerprint density at radius 3 is 2.76 bits per heavy atom. The lowest BCUT2D eigenvalue weighted by Gasteiger charge is -2.23. The number of rotatable bonds is 2. The van der Waals surface area contributed by atoms with Crippen LogP contribution in [0.5, 0.6) is 0 Å². The van der Waals surface area contributed by atoms with Crippen LogP contribution in [0.2, 0.25) is 0 Å². The van der Waals surface area contributed by atoms with E-state index in [1.807, 2.05) is 26.0 Å². The molecule has 3 nitrogen and oxygen atoms in total. The van der Waals surface area contributed by atoms with Gasteiger partial charge in [-0.05, 0) is 43.0 Å². The monoisotopic (exact) mass is 235 g/mol. The zero-order valence-corrected chi connectivity index (χ0v) is 10.6. The SMILES string of the molecule is CC.O=C(O)c1cccc(C2CCCNC2)c1. The highest BCUT2D eigenvalue weighted by Crippen LogP contribution is 2.23. The third-order valence-corrected chi connectivity index (χ3v) is 2.90. The number of carbonyl (C=O) groups is 1. The van der Waals surface area contributed by atoms with Crippen molar-refractivity contribution in [2.45, 2.75) is 32.6 Å². The molecule has 0 amide bonds. The van der Waals surface area contributed by atoms with E-state index in [0.717, 1.165) is 25.1 Å². The van der Waals surface area contributed by atoms with Crippen LogP contribution >= 0.6 is 0 Å². The van der Waals surface area contributed by atoms with Crippen LogP contribution in [0.15, 0.2) is 24.3 Å². The normalized spacial score (nSPS) is 19.1. The van der Waals surface area contributed by atoms with Gasteiger partial charge in [-0.2, -0.15) is 0 Å². The second-order valence-corrected chi connectivity index (χ2v) is 3.97. The first-order chi connectivity index (χ1) is 8.27. The van der Waals surface area contributed by atoms with E-state index in [4.69, 9.17) is 5.11 Å². The first-order valence-electron chi connectivity index (χ1n) is 6.31. The van der Waals surface area contributed by atoms with Gasteiger partial charge in [0.15, 0.2) is 0 Å². The summed E-state index contributed by atoms with van der Waals surface area (Å²) in [5.41, 5.74) is 1.53. The molecule has 0 radical (unpaired) electrons. The summed E-state index contributed by atoms with van der Waals surface area (Å²) in [6.07, 6.45) is 2.32. The van der Waals surface area contributed by atoms with Gasteiger partial charge in [-0.15, -0.1) is 0 Å². The number of hydrogen-bond acceptors (Lipinski definition) is 2. The lowest BCUT2D eigenvalue weighted by molar-refractivity contribution is 0.0696. The summed E-state index contributed by atoms with van der Waals surface area (Å²) in [7, 11) is 0. The summed E-state index contributed by atoms with van der Waals surface area (Å²) in [5, 5.41) is 12.2. The third kappa shape index (κ3) is 3.86. The fraction of sp³-hybridized carbons (Fsp3) is 0.500. The van der Waals surface area contributed by atoms with Gasteiger partial charge in [0.2, 0.25) is 0 Å². The minimum atomic E-state index is -0.847. The summed E-state index contributed by atoms with van der Waals surface area (Å²) in [5.74, 6) is -0.376. The Bertz CT molecular complexity index is 357. The third-order valence-electron chi connectivity index (χ3n) is 2.90. The van der Waals surface area contributed by atoms with E-state index >= 15 is 0 Å². The maximum absolute atomic E-state index is 10.8. The summed E-state index contributed by atoms with van der Waals surface area (Å²) in [6.45, 7) is 6.04. The Hall–Kier alpha value is -1.35. The Morgan fingerprint density at radius 1 is 1.41 bits per heavy atom. The van der Waals surface area contributed by atoms with Crippen LogP contribution in [-0.2, 0) is 0 Å². The molecule has 94 valence electrons. The molecule has 0 spiro atoms. The van der Waals surface area contributed by atoms with E-state index in [2.05, 4.69) is 5.32 Å². The van der Waals surface area contributed by atoms with Crippen molar-refractivity contribution in [3.05, 3.63) is 35.4 Å². The molecule has 2 rings (SSSR count). The molecule has 0 saturated carbocycles. The summed E-state index contributed by atoms with van der Waals surface area (Å²) < 4.78 is 0. The molecular formula is C14H21NO2. The maximum Gasteiger partial charge on any atom is 0.335 e. The number of piperidine rings is 1. The molecular weight excluding hydrogens is 214 g/mol. The zero-order valence-electron chi connectivity index (χ0n) is 10.6. The minimum absolute atomic E-state index is 0.387. The van der Waals surface area contributed by atoms with Gasteiger partial charge in [-0.1, -0.05) is 26.0 Å². The molecule has 1 aromatic rings. The topological polar surface area (TPSA) is 49.3 Å². The lowest BCUT2D eigenvalue weighted by atomic mass is 9.91. The summed E-state index contributed by atoms with van der Waals surface area (Å²) in [4.78, 5) is 10.8. The molecule has 1 aliphatic rings. The van der Waals surface area contributed by atoms with E-state index in [0.29, 0.717) is 11.5 Å². The predicted octanol–water partition coefficient (Wildman–Crippen LogP) is 2.88. The van der Waals surface area contributed by atoms with Crippen LogP contribution in [0.3, 0.4) is 0 Å². The van der Waals surface area contributed by atoms with Crippen LogP contribution in [0, 0.1) is 0 Å². The number of carboxylic acid groups (broad SMARTS) is 1. The summed E-state index contributed by atoms with van der Waals surface area (Å²) in [6, 6.07) is 7.28. The van der Waals surface area contributed by atoms with Gasteiger partial charge >= 0.3 is 5.97 Å². The number of nitrogens with one attached hydrogen (secondary N) is 1. The predicted molar refractivity (Wildman–Crippen MR) is 69.6 cm³/mol. The second kappa shape index (κ2) is 7.07. The van der Waals surface area contributed by atoms with Gasteiger partial charge in [0, 0.05) is 6.54 Å².